The van der Waals surface area contributed by atoms with E-state index >= 15 is 0 Å². The number of imide groups is 1. The molecule has 1 aromatic carbocycles. The molecule has 0 aromatic heterocycles. The van der Waals surface area contributed by atoms with Crippen LogP contribution < -0.4 is 4.74 Å². The summed E-state index contributed by atoms with van der Waals surface area (Å²) in [7, 11) is 0. The average Bonchev–Trinajstić information content (AvgIpc) is 2.85. The van der Waals surface area contributed by atoms with E-state index in [1.807, 2.05) is 31.2 Å². The molecule has 24 heavy (non-hydrogen) atoms. The fraction of sp³-hybridized carbons (Fsp3) is 0.444. The summed E-state index contributed by atoms with van der Waals surface area (Å²) in [5.41, 5.74) is 0.822. The van der Waals surface area contributed by atoms with Crippen LogP contribution in [0.1, 0.15) is 31.7 Å². The van der Waals surface area contributed by atoms with E-state index in [9.17, 15) is 9.59 Å². The molecule has 2 fully saturated rings. The molecule has 5 nitrogen and oxygen atoms in total. The Labute approximate surface area is 146 Å². The zero-order chi connectivity index (χ0) is 16.9. The minimum Gasteiger partial charge on any atom is -0.493 e. The Balaban J connectivity index is 1.75. The first-order valence-electron chi connectivity index (χ1n) is 8.38. The highest BCUT2D eigenvalue weighted by molar-refractivity contribution is 8.18. The Bertz CT molecular complexity index is 653. The molecule has 3 rings (SSSR count). The number of benzene rings is 1. The topological polar surface area (TPSA) is 49.9 Å². The number of likely N-dealkylation sites (tertiary alicyclic amines) is 1. The van der Waals surface area contributed by atoms with E-state index in [1.165, 1.54) is 11.3 Å². The first-order valence-corrected chi connectivity index (χ1v) is 9.20. The van der Waals surface area contributed by atoms with Gasteiger partial charge in [-0.05, 0) is 56.8 Å². The monoisotopic (exact) mass is 346 g/mol. The lowest BCUT2D eigenvalue weighted by Crippen LogP contribution is -2.42. The van der Waals surface area contributed by atoms with E-state index in [1.54, 1.807) is 6.08 Å². The smallest absolute Gasteiger partial charge is 0.294 e. The Kier molecular flexibility index (Phi) is 5.58. The van der Waals surface area contributed by atoms with Crippen LogP contribution in [0.3, 0.4) is 0 Å². The van der Waals surface area contributed by atoms with E-state index in [2.05, 4.69) is 4.90 Å². The second kappa shape index (κ2) is 7.85. The number of hydrogen-bond acceptors (Lipinski definition) is 5. The van der Waals surface area contributed by atoms with Crippen molar-refractivity contribution in [2.24, 2.45) is 0 Å². The van der Waals surface area contributed by atoms with Crippen LogP contribution in [0.25, 0.3) is 6.08 Å². The minimum atomic E-state index is -0.207. The predicted octanol–water partition coefficient (Wildman–Crippen LogP) is 3.57. The molecule has 0 unspecified atom stereocenters. The average molecular weight is 346 g/mol. The summed E-state index contributed by atoms with van der Waals surface area (Å²) in [5, 5.41) is -0.189. The van der Waals surface area contributed by atoms with Crippen molar-refractivity contribution in [2.45, 2.75) is 26.2 Å². The van der Waals surface area contributed by atoms with E-state index in [-0.39, 0.29) is 11.1 Å². The number of rotatable bonds is 5. The van der Waals surface area contributed by atoms with Crippen LogP contribution in [0.15, 0.2) is 29.2 Å². The van der Waals surface area contributed by atoms with Crippen LogP contribution in [0.4, 0.5) is 4.79 Å². The zero-order valence-corrected chi connectivity index (χ0v) is 14.7. The van der Waals surface area contributed by atoms with Gasteiger partial charge in [-0.1, -0.05) is 24.6 Å². The highest BCUT2D eigenvalue weighted by atomic mass is 32.2. The summed E-state index contributed by atoms with van der Waals surface area (Å²) < 4.78 is 5.59. The molecule has 0 bridgehead atoms. The molecular weight excluding hydrogens is 324 g/mol. The van der Waals surface area contributed by atoms with Crippen molar-refractivity contribution in [3.63, 3.8) is 0 Å². The lowest BCUT2D eigenvalue weighted by Gasteiger charge is -2.29. The van der Waals surface area contributed by atoms with Gasteiger partial charge in [0, 0.05) is 5.56 Å². The fourth-order valence-electron chi connectivity index (χ4n) is 2.95. The van der Waals surface area contributed by atoms with Crippen molar-refractivity contribution in [3.8, 4) is 5.75 Å². The largest absolute Gasteiger partial charge is 0.493 e. The molecule has 0 spiro atoms. The zero-order valence-electron chi connectivity index (χ0n) is 13.9. The minimum absolute atomic E-state index is 0.189. The van der Waals surface area contributed by atoms with Gasteiger partial charge in [-0.2, -0.15) is 0 Å². The van der Waals surface area contributed by atoms with Crippen LogP contribution >= 0.6 is 11.8 Å². The van der Waals surface area contributed by atoms with Crippen LogP contribution in [0.5, 0.6) is 5.75 Å². The number of amides is 2. The van der Waals surface area contributed by atoms with Crippen molar-refractivity contribution >= 4 is 29.0 Å². The molecule has 0 saturated carbocycles. The number of hydrogen-bond donors (Lipinski definition) is 0. The van der Waals surface area contributed by atoms with Crippen LogP contribution in [0, 0.1) is 0 Å². The van der Waals surface area contributed by atoms with Crippen LogP contribution in [0.2, 0.25) is 0 Å². The molecule has 2 amide bonds. The molecular formula is C18H22N2O3S. The van der Waals surface area contributed by atoms with E-state index in [0.717, 1.165) is 49.0 Å². The summed E-state index contributed by atoms with van der Waals surface area (Å²) in [6.45, 7) is 4.78. The highest BCUT2D eigenvalue weighted by Gasteiger charge is 2.36. The summed E-state index contributed by atoms with van der Waals surface area (Å²) in [5.74, 6) is 0.518. The summed E-state index contributed by atoms with van der Waals surface area (Å²) >= 11 is 1.01. The summed E-state index contributed by atoms with van der Waals surface area (Å²) in [6, 6.07) is 7.55. The molecule has 0 atom stereocenters. The van der Waals surface area contributed by atoms with Gasteiger partial charge < -0.3 is 4.74 Å². The van der Waals surface area contributed by atoms with Gasteiger partial charge in [0.2, 0.25) is 0 Å². The van der Waals surface area contributed by atoms with Gasteiger partial charge in [0.05, 0.1) is 18.2 Å². The Morgan fingerprint density at radius 1 is 1.17 bits per heavy atom. The molecule has 128 valence electrons. The van der Waals surface area contributed by atoms with Crippen molar-refractivity contribution in [1.82, 2.24) is 9.80 Å². The number of thioether (sulfide) groups is 1. The van der Waals surface area contributed by atoms with Crippen molar-refractivity contribution < 1.29 is 14.3 Å². The van der Waals surface area contributed by atoms with Gasteiger partial charge in [0.25, 0.3) is 11.1 Å². The number of nitrogens with zero attached hydrogens (tertiary/aromatic N) is 2. The van der Waals surface area contributed by atoms with Gasteiger partial charge >= 0.3 is 0 Å². The second-order valence-corrected chi connectivity index (χ2v) is 6.89. The van der Waals surface area contributed by atoms with Gasteiger partial charge in [-0.3, -0.25) is 19.4 Å². The molecule has 2 aliphatic heterocycles. The number of carbonyl (C=O) groups excluding carboxylic acids is 2. The molecule has 2 aliphatic rings. The first-order chi connectivity index (χ1) is 11.7. The van der Waals surface area contributed by atoms with Crippen molar-refractivity contribution in [2.75, 3.05) is 26.4 Å². The standard InChI is InChI=1S/C18H22N2O3S/c1-2-23-15-9-5-4-8-14(15)12-16-17(21)20(18(22)24-16)13-19-10-6-3-7-11-19/h4-5,8-9,12H,2-3,6-7,10-11,13H2,1H3. The maximum atomic E-state index is 12.6. The van der Waals surface area contributed by atoms with Gasteiger partial charge in [0.15, 0.2) is 0 Å². The third kappa shape index (κ3) is 3.82. The van der Waals surface area contributed by atoms with E-state index in [0.29, 0.717) is 18.2 Å². The third-order valence-electron chi connectivity index (χ3n) is 4.17. The Morgan fingerprint density at radius 3 is 2.67 bits per heavy atom. The lowest BCUT2D eigenvalue weighted by molar-refractivity contribution is -0.124. The molecule has 6 heteroatoms. The van der Waals surface area contributed by atoms with Gasteiger partial charge in [-0.25, -0.2) is 0 Å². The number of ether oxygens (including phenoxy) is 1. The van der Waals surface area contributed by atoms with Crippen molar-refractivity contribution in [1.29, 1.82) is 0 Å². The van der Waals surface area contributed by atoms with Crippen LogP contribution in [-0.4, -0.2) is 47.3 Å². The molecule has 0 radical (unpaired) electrons. The lowest BCUT2D eigenvalue weighted by atomic mass is 10.1. The molecule has 0 aliphatic carbocycles. The third-order valence-corrected chi connectivity index (χ3v) is 5.08. The van der Waals surface area contributed by atoms with Crippen molar-refractivity contribution in [3.05, 3.63) is 34.7 Å². The summed E-state index contributed by atoms with van der Waals surface area (Å²) in [4.78, 5) is 28.8. The Hall–Kier alpha value is -1.79. The van der Waals surface area contributed by atoms with Gasteiger partial charge in [-0.15, -0.1) is 0 Å². The summed E-state index contributed by atoms with van der Waals surface area (Å²) in [6.07, 6.45) is 5.25. The molecule has 0 N–H and O–H groups in total. The highest BCUT2D eigenvalue weighted by Crippen LogP contribution is 2.34. The SMILES string of the molecule is CCOc1ccccc1C=C1SC(=O)N(CN2CCCCC2)C1=O. The number of para-hydroxylation sites is 1. The number of carbonyl (C=O) groups is 2. The Morgan fingerprint density at radius 2 is 1.92 bits per heavy atom. The maximum absolute atomic E-state index is 12.6. The second-order valence-electron chi connectivity index (χ2n) is 5.90. The first kappa shape index (κ1) is 17.0. The molecule has 2 saturated heterocycles. The molecule has 2 heterocycles. The molecule has 1 aromatic rings. The fourth-order valence-corrected chi connectivity index (χ4v) is 3.77. The number of piperidine rings is 1. The van der Waals surface area contributed by atoms with Crippen LogP contribution in [-0.2, 0) is 4.79 Å². The van der Waals surface area contributed by atoms with E-state index in [4.69, 9.17) is 4.74 Å². The van der Waals surface area contributed by atoms with E-state index < -0.39 is 0 Å². The quantitative estimate of drug-likeness (QED) is 0.763. The predicted molar refractivity (Wildman–Crippen MR) is 95.7 cm³/mol. The maximum Gasteiger partial charge on any atom is 0.294 e. The van der Waals surface area contributed by atoms with Gasteiger partial charge in [0.1, 0.15) is 5.75 Å². The normalized spacial score (nSPS) is 20.9.